The number of ketones is 1. The fraction of sp³-hybridized carbons (Fsp3) is 0.111. The standard InChI is InChI=1S/C18H12N4O6S/c1-9-19-20-18(29-9)21-14(10-4-6-11(7-5-10)22(26)27)13(16(24)17(21)25)15(23)12-3-2-8-28-12/h2-8,14,24H,1H3/t14-/m0/s1. The Morgan fingerprint density at radius 2 is 2.00 bits per heavy atom. The van der Waals surface area contributed by atoms with Crippen LogP contribution in [0.1, 0.15) is 27.2 Å². The molecule has 0 saturated heterocycles. The van der Waals surface area contributed by atoms with E-state index in [4.69, 9.17) is 4.42 Å². The maximum Gasteiger partial charge on any atom is 0.296 e. The van der Waals surface area contributed by atoms with Crippen molar-refractivity contribution in [3.05, 3.63) is 80.4 Å². The first-order valence-electron chi connectivity index (χ1n) is 8.28. The van der Waals surface area contributed by atoms with E-state index in [2.05, 4.69) is 10.2 Å². The zero-order chi connectivity index (χ0) is 20.7. The van der Waals surface area contributed by atoms with Crippen molar-refractivity contribution >= 4 is 33.8 Å². The number of carbonyl (C=O) groups excluding carboxylic acids is 2. The number of non-ortho nitro benzene ring substituents is 1. The van der Waals surface area contributed by atoms with Gasteiger partial charge in [-0.3, -0.25) is 24.6 Å². The molecule has 10 nitrogen and oxygen atoms in total. The van der Waals surface area contributed by atoms with Crippen LogP contribution < -0.4 is 4.90 Å². The van der Waals surface area contributed by atoms with Crippen LogP contribution >= 0.6 is 11.3 Å². The fourth-order valence-corrected chi connectivity index (χ4v) is 3.77. The van der Waals surface area contributed by atoms with Crippen LogP contribution in [0.5, 0.6) is 0 Å². The van der Waals surface area contributed by atoms with Gasteiger partial charge >= 0.3 is 0 Å². The van der Waals surface area contributed by atoms with Crippen molar-refractivity contribution in [2.45, 2.75) is 13.0 Å². The smallest absolute Gasteiger partial charge is 0.296 e. The van der Waals surface area contributed by atoms with Crippen molar-refractivity contribution in [2.24, 2.45) is 0 Å². The molecule has 3 heterocycles. The lowest BCUT2D eigenvalue weighted by atomic mass is 9.95. The molecule has 0 unspecified atom stereocenters. The third-order valence-corrected chi connectivity index (χ3v) is 5.18. The van der Waals surface area contributed by atoms with Gasteiger partial charge in [0, 0.05) is 12.1 Å². The molecule has 1 aliphatic heterocycles. The number of furan rings is 1. The molecule has 0 aliphatic carbocycles. The Morgan fingerprint density at radius 1 is 1.28 bits per heavy atom. The largest absolute Gasteiger partial charge is 0.503 e. The van der Waals surface area contributed by atoms with E-state index in [1.54, 1.807) is 6.92 Å². The van der Waals surface area contributed by atoms with Gasteiger partial charge in [0.1, 0.15) is 5.01 Å². The second kappa shape index (κ2) is 6.95. The zero-order valence-electron chi connectivity index (χ0n) is 14.8. The minimum Gasteiger partial charge on any atom is -0.503 e. The Kier molecular flexibility index (Phi) is 4.43. The van der Waals surface area contributed by atoms with Crippen LogP contribution in [0, 0.1) is 17.0 Å². The number of nitro groups is 1. The topological polar surface area (TPSA) is 140 Å². The van der Waals surface area contributed by atoms with E-state index in [0.717, 1.165) is 16.2 Å². The Balaban J connectivity index is 1.86. The summed E-state index contributed by atoms with van der Waals surface area (Å²) < 4.78 is 5.13. The first-order chi connectivity index (χ1) is 13.9. The normalized spacial score (nSPS) is 16.5. The van der Waals surface area contributed by atoms with Gasteiger partial charge in [-0.15, -0.1) is 10.2 Å². The number of rotatable bonds is 5. The van der Waals surface area contributed by atoms with Crippen LogP contribution in [-0.4, -0.2) is 31.9 Å². The Bertz CT molecular complexity index is 1150. The molecule has 1 aliphatic rings. The molecule has 29 heavy (non-hydrogen) atoms. The van der Waals surface area contributed by atoms with Crippen molar-refractivity contribution in [1.29, 1.82) is 0 Å². The Hall–Kier alpha value is -3.86. The van der Waals surface area contributed by atoms with Gasteiger partial charge < -0.3 is 9.52 Å². The summed E-state index contributed by atoms with van der Waals surface area (Å²) in [5.74, 6) is -2.28. The number of nitro benzene ring substituents is 1. The molecule has 1 N–H and O–H groups in total. The van der Waals surface area contributed by atoms with E-state index >= 15 is 0 Å². The first kappa shape index (κ1) is 18.5. The number of nitrogens with zero attached hydrogens (tertiary/aromatic N) is 4. The molecule has 4 rings (SSSR count). The molecule has 11 heteroatoms. The van der Waals surface area contributed by atoms with Crippen LogP contribution in [0.4, 0.5) is 10.8 Å². The van der Waals surface area contributed by atoms with E-state index in [1.807, 2.05) is 0 Å². The quantitative estimate of drug-likeness (QED) is 0.383. The minimum absolute atomic E-state index is 0.0541. The van der Waals surface area contributed by atoms with Crippen molar-refractivity contribution in [1.82, 2.24) is 10.2 Å². The molecule has 0 saturated carbocycles. The number of anilines is 1. The van der Waals surface area contributed by atoms with Crippen molar-refractivity contribution < 1.29 is 24.0 Å². The summed E-state index contributed by atoms with van der Waals surface area (Å²) in [5, 5.41) is 30.1. The molecular formula is C18H12N4O6S. The number of hydrogen-bond acceptors (Lipinski definition) is 9. The predicted octanol–water partition coefficient (Wildman–Crippen LogP) is 3.13. The maximum atomic E-state index is 13.0. The molecule has 1 aromatic carbocycles. The van der Waals surface area contributed by atoms with Crippen molar-refractivity contribution in [3.8, 4) is 0 Å². The molecule has 3 aromatic rings. The van der Waals surface area contributed by atoms with E-state index in [-0.39, 0.29) is 22.2 Å². The average molecular weight is 412 g/mol. The second-order valence-electron chi connectivity index (χ2n) is 6.10. The lowest BCUT2D eigenvalue weighted by Crippen LogP contribution is -2.31. The van der Waals surface area contributed by atoms with Gasteiger partial charge in [-0.05, 0) is 36.8 Å². The predicted molar refractivity (Wildman–Crippen MR) is 101 cm³/mol. The highest BCUT2D eigenvalue weighted by molar-refractivity contribution is 7.15. The summed E-state index contributed by atoms with van der Waals surface area (Å²) in [6.45, 7) is 1.70. The first-order valence-corrected chi connectivity index (χ1v) is 9.09. The van der Waals surface area contributed by atoms with Crippen molar-refractivity contribution in [2.75, 3.05) is 4.90 Å². The SMILES string of the molecule is Cc1nnc(N2C(=O)C(O)=C(C(=O)c3ccco3)[C@@H]2c2ccc([N+](=O)[O-])cc2)s1. The Morgan fingerprint density at radius 3 is 2.55 bits per heavy atom. The van der Waals surface area contributed by atoms with Crippen molar-refractivity contribution in [3.63, 3.8) is 0 Å². The molecule has 0 radical (unpaired) electrons. The summed E-state index contributed by atoms with van der Waals surface area (Å²) >= 11 is 1.11. The third kappa shape index (κ3) is 3.06. The van der Waals surface area contributed by atoms with Gasteiger partial charge in [-0.2, -0.15) is 0 Å². The second-order valence-corrected chi connectivity index (χ2v) is 7.26. The molecule has 0 bridgehead atoms. The lowest BCUT2D eigenvalue weighted by molar-refractivity contribution is -0.384. The van der Waals surface area contributed by atoms with E-state index in [9.17, 15) is 24.8 Å². The fourth-order valence-electron chi connectivity index (χ4n) is 3.05. The molecule has 146 valence electrons. The molecule has 0 spiro atoms. The minimum atomic E-state index is -1.05. The Labute approximate surface area is 166 Å². The van der Waals surface area contributed by atoms with Crippen LogP contribution in [0.25, 0.3) is 0 Å². The number of Topliss-reactive ketones (excluding diaryl/α,β-unsaturated/α-hetero) is 1. The number of carbonyl (C=O) groups is 2. The van der Waals surface area contributed by atoms with E-state index < -0.39 is 28.4 Å². The number of aliphatic hydroxyl groups excluding tert-OH is 1. The number of aliphatic hydroxyl groups is 1. The summed E-state index contributed by atoms with van der Waals surface area (Å²) in [5.41, 5.74) is 0.0333. The average Bonchev–Trinajstić information content (AvgIpc) is 3.43. The number of benzene rings is 1. The van der Waals surface area contributed by atoms with Crippen LogP contribution in [0.15, 0.2) is 58.4 Å². The van der Waals surface area contributed by atoms with E-state index in [1.165, 1.54) is 42.7 Å². The monoisotopic (exact) mass is 412 g/mol. The van der Waals surface area contributed by atoms with E-state index in [0.29, 0.717) is 10.6 Å². The van der Waals surface area contributed by atoms with Crippen LogP contribution in [0.2, 0.25) is 0 Å². The van der Waals surface area contributed by atoms with Gasteiger partial charge in [-0.1, -0.05) is 11.3 Å². The van der Waals surface area contributed by atoms with Gasteiger partial charge in [-0.25, -0.2) is 0 Å². The van der Waals surface area contributed by atoms with Gasteiger partial charge in [0.15, 0.2) is 11.5 Å². The highest BCUT2D eigenvalue weighted by Crippen LogP contribution is 2.43. The lowest BCUT2D eigenvalue weighted by Gasteiger charge is -2.23. The van der Waals surface area contributed by atoms with Crippen LogP contribution in [0.3, 0.4) is 0 Å². The molecular weight excluding hydrogens is 400 g/mol. The third-order valence-electron chi connectivity index (χ3n) is 4.34. The summed E-state index contributed by atoms with van der Waals surface area (Å²) in [6.07, 6.45) is 1.30. The molecule has 1 atom stereocenters. The summed E-state index contributed by atoms with van der Waals surface area (Å²) in [4.78, 5) is 37.4. The number of amides is 1. The zero-order valence-corrected chi connectivity index (χ0v) is 15.6. The molecule has 2 aromatic heterocycles. The van der Waals surface area contributed by atoms with Gasteiger partial charge in [0.05, 0.1) is 22.8 Å². The number of aryl methyl sites for hydroxylation is 1. The van der Waals surface area contributed by atoms with Gasteiger partial charge in [0.25, 0.3) is 11.6 Å². The number of aromatic nitrogens is 2. The highest BCUT2D eigenvalue weighted by atomic mass is 32.1. The molecule has 1 amide bonds. The van der Waals surface area contributed by atoms with Crippen LogP contribution in [-0.2, 0) is 4.79 Å². The summed E-state index contributed by atoms with van der Waals surface area (Å²) in [7, 11) is 0. The number of hydrogen-bond donors (Lipinski definition) is 1. The van der Waals surface area contributed by atoms with Gasteiger partial charge in [0.2, 0.25) is 10.9 Å². The maximum absolute atomic E-state index is 13.0. The summed E-state index contributed by atoms with van der Waals surface area (Å²) in [6, 6.07) is 7.23. The molecule has 0 fully saturated rings. The highest BCUT2D eigenvalue weighted by Gasteiger charge is 2.46.